The third kappa shape index (κ3) is 3.99. The summed E-state index contributed by atoms with van der Waals surface area (Å²) in [7, 11) is 0. The number of halogens is 2. The van der Waals surface area contributed by atoms with Crippen LogP contribution in [0.25, 0.3) is 11.0 Å². The Labute approximate surface area is 140 Å². The van der Waals surface area contributed by atoms with Gasteiger partial charge in [0.15, 0.2) is 5.58 Å². The van der Waals surface area contributed by atoms with Gasteiger partial charge in [0.25, 0.3) is 0 Å². The van der Waals surface area contributed by atoms with E-state index in [9.17, 15) is 9.50 Å². The minimum Gasteiger partial charge on any atom is -0.412 e. The van der Waals surface area contributed by atoms with Crippen molar-refractivity contribution >= 4 is 23.4 Å². The summed E-state index contributed by atoms with van der Waals surface area (Å²) in [5.41, 5.74) is 7.35. The molecule has 0 amide bonds. The number of benzene rings is 1. The van der Waals surface area contributed by atoms with Crippen LogP contribution >= 0.6 is 12.4 Å². The van der Waals surface area contributed by atoms with E-state index in [-0.39, 0.29) is 35.8 Å². The average molecular weight is 348 g/mol. The van der Waals surface area contributed by atoms with Gasteiger partial charge in [-0.25, -0.2) is 4.39 Å². The molecule has 8 heteroatoms. The molecule has 6 nitrogen and oxygen atoms in total. The first-order valence-electron chi connectivity index (χ1n) is 7.29. The van der Waals surface area contributed by atoms with Gasteiger partial charge in [-0.2, -0.15) is 0 Å². The number of aromatic nitrogens is 1. The Bertz CT molecular complexity index is 629. The van der Waals surface area contributed by atoms with Gasteiger partial charge in [-0.3, -0.25) is 4.90 Å². The second kappa shape index (κ2) is 8.03. The lowest BCUT2D eigenvalue weighted by Crippen LogP contribution is -2.51. The van der Waals surface area contributed by atoms with Crippen LogP contribution in [0, 0.1) is 5.82 Å². The van der Waals surface area contributed by atoms with Gasteiger partial charge in [-0.05, 0) is 31.9 Å². The Hall–Kier alpha value is -1.25. The maximum absolute atomic E-state index is 13.2. The highest BCUT2D eigenvalue weighted by molar-refractivity contribution is 5.85. The van der Waals surface area contributed by atoms with Gasteiger partial charge in [-0.1, -0.05) is 5.16 Å². The number of piperidine rings is 1. The van der Waals surface area contributed by atoms with E-state index in [0.29, 0.717) is 5.58 Å². The smallest absolute Gasteiger partial charge is 0.170 e. The van der Waals surface area contributed by atoms with Crippen molar-refractivity contribution in [3.63, 3.8) is 0 Å². The zero-order valence-electron chi connectivity index (χ0n) is 12.9. The molecule has 1 aromatic heterocycles. The van der Waals surface area contributed by atoms with Crippen LogP contribution in [0.15, 0.2) is 22.7 Å². The fraction of sp³-hybridized carbons (Fsp3) is 0.533. The van der Waals surface area contributed by atoms with Crippen LogP contribution in [0.2, 0.25) is 0 Å². The largest absolute Gasteiger partial charge is 0.412 e. The van der Waals surface area contributed by atoms with Gasteiger partial charge < -0.3 is 20.8 Å². The van der Waals surface area contributed by atoms with Gasteiger partial charge in [0.1, 0.15) is 5.82 Å². The molecule has 2 atom stereocenters. The molecule has 1 fully saturated rings. The maximum Gasteiger partial charge on any atom is 0.170 e. The minimum atomic E-state index is -0.544. The Kier molecular flexibility index (Phi) is 6.91. The first-order valence-corrected chi connectivity index (χ1v) is 7.29. The highest BCUT2D eigenvalue weighted by Crippen LogP contribution is 2.33. The number of hydrogen-bond acceptors (Lipinski definition) is 5. The molecular formula is C15H23ClFN3O3. The van der Waals surface area contributed by atoms with Crippen molar-refractivity contribution in [1.29, 1.82) is 0 Å². The van der Waals surface area contributed by atoms with Gasteiger partial charge >= 0.3 is 0 Å². The lowest BCUT2D eigenvalue weighted by atomic mass is 9.91. The first kappa shape index (κ1) is 19.8. The fourth-order valence-electron chi connectivity index (χ4n) is 3.00. The van der Waals surface area contributed by atoms with Crippen LogP contribution in [0.5, 0.6) is 0 Å². The Morgan fingerprint density at radius 2 is 2.04 bits per heavy atom. The molecule has 1 aliphatic heterocycles. The molecule has 2 aromatic rings. The molecule has 0 spiro atoms. The zero-order valence-corrected chi connectivity index (χ0v) is 13.7. The van der Waals surface area contributed by atoms with E-state index in [4.69, 9.17) is 10.3 Å². The summed E-state index contributed by atoms with van der Waals surface area (Å²) in [6.45, 7) is 3.33. The Morgan fingerprint density at radius 1 is 1.39 bits per heavy atom. The standard InChI is InChI=1S/C15H20FN3O2.ClH.H2O/c1-9(20)15(17)19-6-4-10(5-7-19)14-12-3-2-11(16)8-13(12)21-18-14;;/h2-3,8-10,15,20H,4-7,17H2,1H3;1H;1H2. The van der Waals surface area contributed by atoms with E-state index in [1.165, 1.54) is 12.1 Å². The summed E-state index contributed by atoms with van der Waals surface area (Å²) in [5, 5.41) is 14.6. The van der Waals surface area contributed by atoms with Crippen molar-refractivity contribution in [3.05, 3.63) is 29.7 Å². The molecule has 1 saturated heterocycles. The number of aliphatic hydroxyl groups is 1. The van der Waals surface area contributed by atoms with Crippen molar-refractivity contribution in [2.75, 3.05) is 13.1 Å². The van der Waals surface area contributed by atoms with Crippen LogP contribution in [-0.2, 0) is 0 Å². The van der Waals surface area contributed by atoms with E-state index >= 15 is 0 Å². The average Bonchev–Trinajstić information content (AvgIpc) is 2.89. The summed E-state index contributed by atoms with van der Waals surface area (Å²) in [4.78, 5) is 2.09. The number of hydrogen-bond donors (Lipinski definition) is 2. The van der Waals surface area contributed by atoms with Gasteiger partial charge in [-0.15, -0.1) is 12.4 Å². The molecule has 2 unspecified atom stereocenters. The predicted octanol–water partition coefficient (Wildman–Crippen LogP) is 1.41. The molecule has 2 heterocycles. The van der Waals surface area contributed by atoms with Crippen LogP contribution in [0.3, 0.4) is 0 Å². The topological polar surface area (TPSA) is 107 Å². The molecule has 5 N–H and O–H groups in total. The molecule has 0 radical (unpaired) electrons. The van der Waals surface area contributed by atoms with E-state index in [0.717, 1.165) is 37.0 Å². The quantitative estimate of drug-likeness (QED) is 0.872. The summed E-state index contributed by atoms with van der Waals surface area (Å²) < 4.78 is 18.4. The second-order valence-corrected chi connectivity index (χ2v) is 5.75. The molecular weight excluding hydrogens is 325 g/mol. The molecule has 3 rings (SSSR count). The van der Waals surface area contributed by atoms with E-state index in [2.05, 4.69) is 10.1 Å². The number of rotatable bonds is 3. The summed E-state index contributed by atoms with van der Waals surface area (Å²) >= 11 is 0. The highest BCUT2D eigenvalue weighted by Gasteiger charge is 2.28. The summed E-state index contributed by atoms with van der Waals surface area (Å²) in [6.07, 6.45) is 0.935. The summed E-state index contributed by atoms with van der Waals surface area (Å²) in [5.74, 6) is -0.0305. The Balaban J connectivity index is 0.00000132. The third-order valence-electron chi connectivity index (χ3n) is 4.29. The van der Waals surface area contributed by atoms with Gasteiger partial charge in [0, 0.05) is 30.5 Å². The van der Waals surface area contributed by atoms with Crippen molar-refractivity contribution in [1.82, 2.24) is 10.1 Å². The molecule has 0 aliphatic carbocycles. The van der Waals surface area contributed by atoms with Crippen LogP contribution in [-0.4, -0.2) is 46.0 Å². The van der Waals surface area contributed by atoms with E-state index in [1.54, 1.807) is 13.0 Å². The highest BCUT2D eigenvalue weighted by atomic mass is 35.5. The molecule has 130 valence electrons. The van der Waals surface area contributed by atoms with Gasteiger partial charge in [0.2, 0.25) is 0 Å². The van der Waals surface area contributed by atoms with Crippen LogP contribution < -0.4 is 5.73 Å². The summed E-state index contributed by atoms with van der Waals surface area (Å²) in [6, 6.07) is 4.52. The number of nitrogens with zero attached hydrogens (tertiary/aromatic N) is 2. The molecule has 0 bridgehead atoms. The van der Waals surface area contributed by atoms with E-state index in [1.807, 2.05) is 0 Å². The molecule has 1 aliphatic rings. The third-order valence-corrected chi connectivity index (χ3v) is 4.29. The monoisotopic (exact) mass is 347 g/mol. The maximum atomic E-state index is 13.2. The normalized spacial score (nSPS) is 19.0. The fourth-order valence-corrected chi connectivity index (χ4v) is 3.00. The lowest BCUT2D eigenvalue weighted by molar-refractivity contribution is 0.0483. The molecule has 23 heavy (non-hydrogen) atoms. The number of fused-ring (bicyclic) bond motifs is 1. The van der Waals surface area contributed by atoms with Crippen molar-refractivity contribution in [2.45, 2.75) is 38.0 Å². The first-order chi connectivity index (χ1) is 10.1. The molecule has 0 saturated carbocycles. The number of likely N-dealkylation sites (tertiary alicyclic amines) is 1. The SMILES string of the molecule is CC(O)C(N)N1CCC(c2noc3cc(F)ccc23)CC1.Cl.O. The van der Waals surface area contributed by atoms with Crippen LogP contribution in [0.1, 0.15) is 31.4 Å². The number of aliphatic hydroxyl groups excluding tert-OH is 1. The Morgan fingerprint density at radius 3 is 2.65 bits per heavy atom. The van der Waals surface area contributed by atoms with Crippen LogP contribution in [0.4, 0.5) is 4.39 Å². The minimum absolute atomic E-state index is 0. The van der Waals surface area contributed by atoms with Crippen molar-refractivity contribution in [3.8, 4) is 0 Å². The van der Waals surface area contributed by atoms with E-state index < -0.39 is 6.10 Å². The zero-order chi connectivity index (χ0) is 15.0. The van der Waals surface area contributed by atoms with Gasteiger partial charge in [0.05, 0.1) is 18.0 Å². The van der Waals surface area contributed by atoms with Crippen molar-refractivity contribution in [2.24, 2.45) is 5.73 Å². The number of nitrogens with two attached hydrogens (primary N) is 1. The second-order valence-electron chi connectivity index (χ2n) is 5.75. The molecule has 1 aromatic carbocycles. The predicted molar refractivity (Wildman–Crippen MR) is 88.0 cm³/mol. The van der Waals surface area contributed by atoms with Crippen molar-refractivity contribution < 1.29 is 19.5 Å². The lowest BCUT2D eigenvalue weighted by Gasteiger charge is -2.36.